The highest BCUT2D eigenvalue weighted by Gasteiger charge is 2.15. The second-order valence-electron chi connectivity index (χ2n) is 6.61. The number of carbonyl (C=O) groups is 2. The predicted molar refractivity (Wildman–Crippen MR) is 125 cm³/mol. The number of benzene rings is 2. The van der Waals surface area contributed by atoms with Crippen molar-refractivity contribution in [3.63, 3.8) is 0 Å². The van der Waals surface area contributed by atoms with E-state index >= 15 is 0 Å². The molecule has 2 aromatic heterocycles. The lowest BCUT2D eigenvalue weighted by Crippen LogP contribution is -2.22. The van der Waals surface area contributed by atoms with Gasteiger partial charge in [-0.15, -0.1) is 11.3 Å². The summed E-state index contributed by atoms with van der Waals surface area (Å²) in [6, 6.07) is 17.9. The minimum atomic E-state index is -0.245. The summed E-state index contributed by atoms with van der Waals surface area (Å²) in [6.45, 7) is 1.42. The lowest BCUT2D eigenvalue weighted by Gasteiger charge is -2.12. The van der Waals surface area contributed by atoms with Gasteiger partial charge in [0.05, 0.1) is 16.8 Å². The molecular formula is C22H18N4O3S2. The first-order valence-electron chi connectivity index (χ1n) is 9.37. The van der Waals surface area contributed by atoms with Crippen LogP contribution in [0.1, 0.15) is 6.92 Å². The molecule has 0 bridgehead atoms. The fourth-order valence-electron chi connectivity index (χ4n) is 3.00. The van der Waals surface area contributed by atoms with Crippen molar-refractivity contribution < 1.29 is 9.59 Å². The Morgan fingerprint density at radius 3 is 2.52 bits per heavy atom. The largest absolute Gasteiger partial charge is 0.326 e. The summed E-state index contributed by atoms with van der Waals surface area (Å²) in [5.41, 5.74) is 1.70. The lowest BCUT2D eigenvalue weighted by molar-refractivity contribution is -0.114. The topological polar surface area (TPSA) is 93.1 Å². The molecule has 0 aliphatic rings. The summed E-state index contributed by atoms with van der Waals surface area (Å²) in [5.74, 6) is -0.362. The minimum absolute atomic E-state index is 0.0700. The van der Waals surface area contributed by atoms with Crippen molar-refractivity contribution in [1.29, 1.82) is 0 Å². The van der Waals surface area contributed by atoms with Gasteiger partial charge in [0, 0.05) is 18.3 Å². The third-order valence-electron chi connectivity index (χ3n) is 4.28. The molecule has 2 amide bonds. The maximum absolute atomic E-state index is 13.1. The van der Waals surface area contributed by atoms with Crippen LogP contribution in [-0.2, 0) is 9.59 Å². The SMILES string of the molecule is CC(=O)Nc1cccc(NC(=O)CSc2nc3sccc3c(=O)n2-c2ccccc2)c1. The Balaban J connectivity index is 1.56. The van der Waals surface area contributed by atoms with Crippen LogP contribution in [0.5, 0.6) is 0 Å². The Bertz CT molecular complexity index is 1320. The summed E-state index contributed by atoms with van der Waals surface area (Å²) in [6.07, 6.45) is 0. The number of nitrogens with zero attached hydrogens (tertiary/aromatic N) is 2. The molecule has 0 saturated heterocycles. The molecule has 31 heavy (non-hydrogen) atoms. The van der Waals surface area contributed by atoms with Gasteiger partial charge in [-0.05, 0) is 41.8 Å². The van der Waals surface area contributed by atoms with Gasteiger partial charge in [-0.3, -0.25) is 19.0 Å². The number of thioether (sulfide) groups is 1. The van der Waals surface area contributed by atoms with Gasteiger partial charge in [-0.25, -0.2) is 4.98 Å². The number of hydrogen-bond acceptors (Lipinski definition) is 6. The van der Waals surface area contributed by atoms with Crippen molar-refractivity contribution in [2.45, 2.75) is 12.1 Å². The number of aromatic nitrogens is 2. The molecule has 7 nitrogen and oxygen atoms in total. The minimum Gasteiger partial charge on any atom is -0.326 e. The van der Waals surface area contributed by atoms with E-state index in [0.717, 1.165) is 0 Å². The second-order valence-corrected chi connectivity index (χ2v) is 8.45. The van der Waals surface area contributed by atoms with E-state index in [1.165, 1.54) is 34.6 Å². The highest BCUT2D eigenvalue weighted by atomic mass is 32.2. The van der Waals surface area contributed by atoms with Crippen molar-refractivity contribution in [2.75, 3.05) is 16.4 Å². The van der Waals surface area contributed by atoms with E-state index in [4.69, 9.17) is 0 Å². The summed E-state index contributed by atoms with van der Waals surface area (Å²) >= 11 is 2.58. The summed E-state index contributed by atoms with van der Waals surface area (Å²) in [7, 11) is 0. The summed E-state index contributed by atoms with van der Waals surface area (Å²) in [4.78, 5) is 42.1. The fraction of sp³-hybridized carbons (Fsp3) is 0.0909. The molecule has 0 aliphatic carbocycles. The van der Waals surface area contributed by atoms with Gasteiger partial charge in [-0.1, -0.05) is 36.0 Å². The highest BCUT2D eigenvalue weighted by molar-refractivity contribution is 7.99. The van der Waals surface area contributed by atoms with Crippen LogP contribution in [-0.4, -0.2) is 27.1 Å². The quantitative estimate of drug-likeness (QED) is 0.340. The number of para-hydroxylation sites is 1. The van der Waals surface area contributed by atoms with Crippen molar-refractivity contribution in [2.24, 2.45) is 0 Å². The van der Waals surface area contributed by atoms with Crippen LogP contribution in [0.25, 0.3) is 15.9 Å². The van der Waals surface area contributed by atoms with Crippen molar-refractivity contribution in [1.82, 2.24) is 9.55 Å². The number of fused-ring (bicyclic) bond motifs is 1. The van der Waals surface area contributed by atoms with E-state index in [1.807, 2.05) is 35.7 Å². The Labute approximate surface area is 186 Å². The molecule has 0 saturated carbocycles. The molecule has 0 radical (unpaired) electrons. The first-order valence-corrected chi connectivity index (χ1v) is 11.2. The van der Waals surface area contributed by atoms with Gasteiger partial charge in [0.25, 0.3) is 5.56 Å². The number of nitrogens with one attached hydrogen (secondary N) is 2. The third-order valence-corrected chi connectivity index (χ3v) is 6.03. The second kappa shape index (κ2) is 9.15. The molecule has 9 heteroatoms. The van der Waals surface area contributed by atoms with Gasteiger partial charge < -0.3 is 10.6 Å². The normalized spacial score (nSPS) is 10.7. The molecule has 0 aliphatic heterocycles. The lowest BCUT2D eigenvalue weighted by atomic mass is 10.2. The maximum atomic E-state index is 13.1. The van der Waals surface area contributed by atoms with Crippen LogP contribution in [0.3, 0.4) is 0 Å². The molecule has 156 valence electrons. The van der Waals surface area contributed by atoms with Gasteiger partial charge in [0.2, 0.25) is 11.8 Å². The monoisotopic (exact) mass is 450 g/mol. The van der Waals surface area contributed by atoms with Crippen LogP contribution >= 0.6 is 23.1 Å². The Morgan fingerprint density at radius 2 is 1.77 bits per heavy atom. The van der Waals surface area contributed by atoms with Gasteiger partial charge in [0.1, 0.15) is 4.83 Å². The van der Waals surface area contributed by atoms with E-state index < -0.39 is 0 Å². The van der Waals surface area contributed by atoms with Crippen molar-refractivity contribution in [3.8, 4) is 5.69 Å². The van der Waals surface area contributed by atoms with Crippen molar-refractivity contribution in [3.05, 3.63) is 76.4 Å². The maximum Gasteiger partial charge on any atom is 0.267 e. The van der Waals surface area contributed by atoms with Gasteiger partial charge in [0.15, 0.2) is 5.16 Å². The molecule has 4 aromatic rings. The molecule has 0 spiro atoms. The predicted octanol–water partition coefficient (Wildman–Crippen LogP) is 4.14. The van der Waals surface area contributed by atoms with Gasteiger partial charge in [-0.2, -0.15) is 0 Å². The highest BCUT2D eigenvalue weighted by Crippen LogP contribution is 2.24. The van der Waals surface area contributed by atoms with E-state index in [2.05, 4.69) is 15.6 Å². The molecule has 0 fully saturated rings. The molecular weight excluding hydrogens is 432 g/mol. The van der Waals surface area contributed by atoms with Crippen LogP contribution < -0.4 is 16.2 Å². The van der Waals surface area contributed by atoms with E-state index in [0.29, 0.717) is 32.4 Å². The zero-order valence-electron chi connectivity index (χ0n) is 16.5. The number of hydrogen-bond donors (Lipinski definition) is 2. The first-order chi connectivity index (χ1) is 15.0. The van der Waals surface area contributed by atoms with Crippen LogP contribution in [0, 0.1) is 0 Å². The standard InChI is InChI=1S/C22H18N4O3S2/c1-14(27)23-15-6-5-7-16(12-15)24-19(28)13-31-22-25-20-18(10-11-30-20)21(29)26(22)17-8-3-2-4-9-17/h2-12H,13H2,1H3,(H,23,27)(H,24,28). The number of carbonyl (C=O) groups excluding carboxylic acids is 2. The Morgan fingerprint density at radius 1 is 1.03 bits per heavy atom. The average molecular weight is 451 g/mol. The third kappa shape index (κ3) is 4.84. The van der Waals surface area contributed by atoms with E-state index in [1.54, 1.807) is 30.3 Å². The van der Waals surface area contributed by atoms with Crippen molar-refractivity contribution >= 4 is 56.5 Å². The molecule has 2 aromatic carbocycles. The zero-order chi connectivity index (χ0) is 21.8. The Hall–Kier alpha value is -3.43. The molecule has 0 atom stereocenters. The molecule has 0 unspecified atom stereocenters. The zero-order valence-corrected chi connectivity index (χ0v) is 18.1. The van der Waals surface area contributed by atoms with Crippen LogP contribution in [0.2, 0.25) is 0 Å². The Kier molecular flexibility index (Phi) is 6.15. The number of rotatable bonds is 6. The van der Waals surface area contributed by atoms with E-state index in [-0.39, 0.29) is 23.1 Å². The summed E-state index contributed by atoms with van der Waals surface area (Å²) < 4.78 is 1.53. The average Bonchev–Trinajstić information content (AvgIpc) is 3.22. The smallest absolute Gasteiger partial charge is 0.267 e. The first kappa shape index (κ1) is 20.8. The number of anilines is 2. The molecule has 4 rings (SSSR count). The number of amides is 2. The van der Waals surface area contributed by atoms with Crippen LogP contribution in [0.4, 0.5) is 11.4 Å². The van der Waals surface area contributed by atoms with E-state index in [9.17, 15) is 14.4 Å². The fourth-order valence-corrected chi connectivity index (χ4v) is 4.62. The summed E-state index contributed by atoms with van der Waals surface area (Å²) in [5, 5.41) is 8.32. The van der Waals surface area contributed by atoms with Crippen LogP contribution in [0.15, 0.2) is 76.0 Å². The molecule has 2 N–H and O–H groups in total. The van der Waals surface area contributed by atoms with Gasteiger partial charge >= 0.3 is 0 Å². The number of thiophene rings is 1. The molecule has 2 heterocycles.